The van der Waals surface area contributed by atoms with Gasteiger partial charge in [-0.25, -0.2) is 0 Å². The summed E-state index contributed by atoms with van der Waals surface area (Å²) >= 11 is 0. The zero-order valence-corrected chi connectivity index (χ0v) is 6.96. The van der Waals surface area contributed by atoms with Crippen molar-refractivity contribution in [1.29, 1.82) is 0 Å². The molecule has 0 aliphatic carbocycles. The molecule has 0 amide bonds. The van der Waals surface area contributed by atoms with Crippen LogP contribution in [0.2, 0.25) is 0 Å². The Balaban J connectivity index is 2.46. The van der Waals surface area contributed by atoms with Crippen LogP contribution in [-0.4, -0.2) is 18.1 Å². The molecule has 0 bridgehead atoms. The predicted octanol–water partition coefficient (Wildman–Crippen LogP) is 0.424. The topological polar surface area (TPSA) is 77.0 Å². The SMILES string of the molecule is NCCCNc1ccncc1N. The minimum Gasteiger partial charge on any atom is -0.396 e. The summed E-state index contributed by atoms with van der Waals surface area (Å²) in [5.41, 5.74) is 12.6. The summed E-state index contributed by atoms with van der Waals surface area (Å²) in [6.07, 6.45) is 4.29. The first kappa shape index (κ1) is 8.80. The first-order chi connectivity index (χ1) is 5.84. The summed E-state index contributed by atoms with van der Waals surface area (Å²) in [5, 5.41) is 3.17. The van der Waals surface area contributed by atoms with Gasteiger partial charge in [-0.3, -0.25) is 4.98 Å². The van der Waals surface area contributed by atoms with Crippen LogP contribution in [0.3, 0.4) is 0 Å². The molecule has 0 saturated carbocycles. The Hall–Kier alpha value is -1.29. The van der Waals surface area contributed by atoms with Crippen molar-refractivity contribution in [3.05, 3.63) is 18.5 Å². The molecule has 0 saturated heterocycles. The van der Waals surface area contributed by atoms with E-state index in [0.29, 0.717) is 12.2 Å². The molecule has 1 aromatic rings. The Bertz CT molecular complexity index is 236. The summed E-state index contributed by atoms with van der Waals surface area (Å²) in [4.78, 5) is 3.88. The van der Waals surface area contributed by atoms with Gasteiger partial charge in [0.15, 0.2) is 0 Å². The summed E-state index contributed by atoms with van der Waals surface area (Å²) in [5.74, 6) is 0. The molecule has 66 valence electrons. The number of nitrogens with zero attached hydrogens (tertiary/aromatic N) is 1. The molecule has 12 heavy (non-hydrogen) atoms. The fourth-order valence-corrected chi connectivity index (χ4v) is 0.893. The lowest BCUT2D eigenvalue weighted by Crippen LogP contribution is -2.09. The van der Waals surface area contributed by atoms with Gasteiger partial charge in [-0.05, 0) is 19.0 Å². The van der Waals surface area contributed by atoms with Gasteiger partial charge in [0.25, 0.3) is 0 Å². The lowest BCUT2D eigenvalue weighted by atomic mass is 10.3. The van der Waals surface area contributed by atoms with E-state index in [1.54, 1.807) is 12.4 Å². The maximum atomic E-state index is 5.65. The Morgan fingerprint density at radius 1 is 1.50 bits per heavy atom. The molecule has 4 heteroatoms. The van der Waals surface area contributed by atoms with E-state index in [9.17, 15) is 0 Å². The summed E-state index contributed by atoms with van der Waals surface area (Å²) in [6.45, 7) is 1.54. The van der Waals surface area contributed by atoms with Crippen molar-refractivity contribution in [2.24, 2.45) is 5.73 Å². The Labute approximate surface area is 72.0 Å². The molecule has 0 aliphatic heterocycles. The van der Waals surface area contributed by atoms with Crippen molar-refractivity contribution in [2.45, 2.75) is 6.42 Å². The van der Waals surface area contributed by atoms with Gasteiger partial charge in [0.1, 0.15) is 0 Å². The Morgan fingerprint density at radius 3 is 3.00 bits per heavy atom. The van der Waals surface area contributed by atoms with E-state index in [0.717, 1.165) is 18.7 Å². The number of hydrogen-bond acceptors (Lipinski definition) is 4. The second-order valence-corrected chi connectivity index (χ2v) is 2.53. The summed E-state index contributed by atoms with van der Waals surface area (Å²) in [6, 6.07) is 1.85. The number of rotatable bonds is 4. The maximum absolute atomic E-state index is 5.65. The highest BCUT2D eigenvalue weighted by atomic mass is 14.9. The van der Waals surface area contributed by atoms with Crippen LogP contribution in [0, 0.1) is 0 Å². The van der Waals surface area contributed by atoms with Gasteiger partial charge < -0.3 is 16.8 Å². The number of nitrogens with one attached hydrogen (secondary N) is 1. The van der Waals surface area contributed by atoms with Crippen molar-refractivity contribution in [3.8, 4) is 0 Å². The molecule has 0 spiro atoms. The molecule has 5 N–H and O–H groups in total. The predicted molar refractivity (Wildman–Crippen MR) is 50.8 cm³/mol. The number of nitrogen functional groups attached to an aromatic ring is 1. The van der Waals surface area contributed by atoms with E-state index < -0.39 is 0 Å². The van der Waals surface area contributed by atoms with Crippen LogP contribution in [0.4, 0.5) is 11.4 Å². The van der Waals surface area contributed by atoms with Gasteiger partial charge in [-0.1, -0.05) is 0 Å². The molecular weight excluding hydrogens is 152 g/mol. The Kier molecular flexibility index (Phi) is 3.35. The van der Waals surface area contributed by atoms with Gasteiger partial charge in [-0.15, -0.1) is 0 Å². The quantitative estimate of drug-likeness (QED) is 0.567. The number of pyridine rings is 1. The minimum atomic E-state index is 0.675. The van der Waals surface area contributed by atoms with E-state index in [1.165, 1.54) is 0 Å². The van der Waals surface area contributed by atoms with E-state index in [4.69, 9.17) is 11.5 Å². The third-order valence-electron chi connectivity index (χ3n) is 1.55. The van der Waals surface area contributed by atoms with Crippen LogP contribution in [-0.2, 0) is 0 Å². The van der Waals surface area contributed by atoms with Gasteiger partial charge in [0.2, 0.25) is 0 Å². The average molecular weight is 166 g/mol. The molecule has 1 rings (SSSR count). The second-order valence-electron chi connectivity index (χ2n) is 2.53. The molecule has 0 unspecified atom stereocenters. The highest BCUT2D eigenvalue weighted by Gasteiger charge is 1.94. The van der Waals surface area contributed by atoms with Crippen molar-refractivity contribution >= 4 is 11.4 Å². The van der Waals surface area contributed by atoms with Crippen molar-refractivity contribution < 1.29 is 0 Å². The number of nitrogens with two attached hydrogens (primary N) is 2. The monoisotopic (exact) mass is 166 g/mol. The number of aromatic nitrogens is 1. The lowest BCUT2D eigenvalue weighted by Gasteiger charge is -2.06. The van der Waals surface area contributed by atoms with Crippen molar-refractivity contribution in [1.82, 2.24) is 4.98 Å². The standard InChI is InChI=1S/C8H14N4/c9-3-1-4-12-8-2-5-11-6-7(8)10/h2,5-6H,1,3-4,9-10H2,(H,11,12). The van der Waals surface area contributed by atoms with Gasteiger partial charge in [-0.2, -0.15) is 0 Å². The zero-order chi connectivity index (χ0) is 8.81. The molecular formula is C8H14N4. The maximum Gasteiger partial charge on any atom is 0.0736 e. The third-order valence-corrected chi connectivity index (χ3v) is 1.55. The molecule has 0 radical (unpaired) electrons. The number of hydrogen-bond donors (Lipinski definition) is 3. The van der Waals surface area contributed by atoms with E-state index in [-0.39, 0.29) is 0 Å². The molecule has 0 aliphatic rings. The summed E-state index contributed by atoms with van der Waals surface area (Å²) in [7, 11) is 0. The zero-order valence-electron chi connectivity index (χ0n) is 6.96. The number of anilines is 2. The van der Waals surface area contributed by atoms with E-state index in [2.05, 4.69) is 10.3 Å². The van der Waals surface area contributed by atoms with Crippen LogP contribution in [0.1, 0.15) is 6.42 Å². The lowest BCUT2D eigenvalue weighted by molar-refractivity contribution is 0.874. The Morgan fingerprint density at radius 2 is 2.33 bits per heavy atom. The highest BCUT2D eigenvalue weighted by Crippen LogP contribution is 2.14. The van der Waals surface area contributed by atoms with Crippen LogP contribution in [0.5, 0.6) is 0 Å². The van der Waals surface area contributed by atoms with Crippen LogP contribution < -0.4 is 16.8 Å². The molecule has 0 aromatic carbocycles. The van der Waals surface area contributed by atoms with Gasteiger partial charge >= 0.3 is 0 Å². The molecule has 1 heterocycles. The normalized spacial score (nSPS) is 9.75. The fourth-order valence-electron chi connectivity index (χ4n) is 0.893. The fraction of sp³-hybridized carbons (Fsp3) is 0.375. The van der Waals surface area contributed by atoms with Crippen molar-refractivity contribution in [2.75, 3.05) is 24.1 Å². The van der Waals surface area contributed by atoms with E-state index in [1.807, 2.05) is 6.07 Å². The van der Waals surface area contributed by atoms with Crippen molar-refractivity contribution in [3.63, 3.8) is 0 Å². The van der Waals surface area contributed by atoms with Gasteiger partial charge in [0.05, 0.1) is 17.6 Å². The summed E-state index contributed by atoms with van der Waals surface area (Å²) < 4.78 is 0. The smallest absolute Gasteiger partial charge is 0.0736 e. The molecule has 0 atom stereocenters. The molecule has 0 fully saturated rings. The minimum absolute atomic E-state index is 0.675. The second kappa shape index (κ2) is 4.56. The van der Waals surface area contributed by atoms with Crippen LogP contribution in [0.25, 0.3) is 0 Å². The largest absolute Gasteiger partial charge is 0.396 e. The first-order valence-electron chi connectivity index (χ1n) is 3.98. The first-order valence-corrected chi connectivity index (χ1v) is 3.98. The molecule has 1 aromatic heterocycles. The average Bonchev–Trinajstić information content (AvgIpc) is 2.09. The van der Waals surface area contributed by atoms with Crippen LogP contribution >= 0.6 is 0 Å². The molecule has 4 nitrogen and oxygen atoms in total. The third kappa shape index (κ3) is 2.39. The highest BCUT2D eigenvalue weighted by molar-refractivity contribution is 5.63. The van der Waals surface area contributed by atoms with Crippen LogP contribution in [0.15, 0.2) is 18.5 Å². The van der Waals surface area contributed by atoms with Gasteiger partial charge in [0, 0.05) is 12.7 Å². The van der Waals surface area contributed by atoms with E-state index >= 15 is 0 Å².